The van der Waals surface area contributed by atoms with Gasteiger partial charge in [0.05, 0.1) is 12.5 Å². The quantitative estimate of drug-likeness (QED) is 0.886. The number of ketones is 1. The zero-order valence-electron chi connectivity index (χ0n) is 12.9. The highest BCUT2D eigenvalue weighted by Crippen LogP contribution is 2.25. The fourth-order valence-corrected chi connectivity index (χ4v) is 3.78. The molecule has 21 heavy (non-hydrogen) atoms. The van der Waals surface area contributed by atoms with Gasteiger partial charge in [0, 0.05) is 25.0 Å². The number of aromatic nitrogens is 2. The van der Waals surface area contributed by atoms with Gasteiger partial charge < -0.3 is 9.88 Å². The molecule has 3 rings (SSSR count). The van der Waals surface area contributed by atoms with Crippen molar-refractivity contribution < 1.29 is 4.79 Å². The molecule has 0 bridgehead atoms. The molecule has 3 heterocycles. The number of imidazole rings is 1. The molecule has 0 saturated carbocycles. The van der Waals surface area contributed by atoms with Crippen LogP contribution in [0.3, 0.4) is 0 Å². The second kappa shape index (κ2) is 6.71. The third-order valence-corrected chi connectivity index (χ3v) is 4.92. The molecule has 1 N–H and O–H groups in total. The fourth-order valence-electron chi connectivity index (χ4n) is 3.78. The number of rotatable bonds is 5. The van der Waals surface area contributed by atoms with Crippen LogP contribution < -0.4 is 5.32 Å². The summed E-state index contributed by atoms with van der Waals surface area (Å²) in [4.78, 5) is 19.5. The molecule has 2 fully saturated rings. The van der Waals surface area contributed by atoms with E-state index in [9.17, 15) is 4.79 Å². The van der Waals surface area contributed by atoms with Crippen molar-refractivity contribution >= 4 is 5.78 Å². The minimum atomic E-state index is 0.120. The summed E-state index contributed by atoms with van der Waals surface area (Å²) in [6.45, 7) is 6.23. The molecule has 116 valence electrons. The number of aryl methyl sites for hydroxylation is 1. The van der Waals surface area contributed by atoms with Gasteiger partial charge in [-0.25, -0.2) is 4.98 Å². The summed E-state index contributed by atoms with van der Waals surface area (Å²) >= 11 is 0. The molecular weight excluding hydrogens is 264 g/mol. The van der Waals surface area contributed by atoms with Crippen LogP contribution in [0, 0.1) is 0 Å². The van der Waals surface area contributed by atoms with Crippen molar-refractivity contribution in [3.8, 4) is 0 Å². The van der Waals surface area contributed by atoms with Gasteiger partial charge in [-0.1, -0.05) is 0 Å². The number of nitrogens with zero attached hydrogens (tertiary/aromatic N) is 3. The van der Waals surface area contributed by atoms with Crippen LogP contribution in [0.1, 0.15) is 38.4 Å². The van der Waals surface area contributed by atoms with Gasteiger partial charge in [0.1, 0.15) is 5.82 Å². The first-order valence-corrected chi connectivity index (χ1v) is 8.28. The van der Waals surface area contributed by atoms with Crippen LogP contribution in [-0.4, -0.2) is 52.0 Å². The Morgan fingerprint density at radius 1 is 1.38 bits per heavy atom. The number of hydrogen-bond donors (Lipinski definition) is 1. The first-order valence-electron chi connectivity index (χ1n) is 8.28. The molecule has 2 saturated heterocycles. The second-order valence-corrected chi connectivity index (χ2v) is 6.15. The number of hydrogen-bond acceptors (Lipinski definition) is 4. The van der Waals surface area contributed by atoms with Crippen molar-refractivity contribution in [2.45, 2.75) is 57.7 Å². The average molecular weight is 290 g/mol. The molecule has 2 aliphatic heterocycles. The number of Topliss-reactive ketones (excluding diaryl/α,β-unsaturated/α-hetero) is 1. The maximum Gasteiger partial charge on any atom is 0.157 e. The first kappa shape index (κ1) is 14.7. The van der Waals surface area contributed by atoms with Gasteiger partial charge in [-0.05, 0) is 52.2 Å². The van der Waals surface area contributed by atoms with E-state index in [2.05, 4.69) is 26.7 Å². The molecule has 0 aromatic carbocycles. The number of nitrogens with one attached hydrogen (secondary N) is 1. The topological polar surface area (TPSA) is 50.2 Å². The molecule has 0 radical (unpaired) electrons. The number of carbonyl (C=O) groups excluding carboxylic acids is 1. The first-order chi connectivity index (χ1) is 10.3. The Morgan fingerprint density at radius 2 is 2.19 bits per heavy atom. The van der Waals surface area contributed by atoms with Gasteiger partial charge in [-0.15, -0.1) is 0 Å². The lowest BCUT2D eigenvalue weighted by molar-refractivity contribution is -0.123. The Bertz CT molecular complexity index is 478. The summed E-state index contributed by atoms with van der Waals surface area (Å²) in [6, 6.07) is 0.712. The van der Waals surface area contributed by atoms with E-state index in [0.717, 1.165) is 44.8 Å². The van der Waals surface area contributed by atoms with Crippen molar-refractivity contribution in [3.05, 3.63) is 18.2 Å². The molecule has 5 heteroatoms. The molecule has 5 nitrogen and oxygen atoms in total. The highest BCUT2D eigenvalue weighted by molar-refractivity contribution is 5.85. The standard InChI is InChI=1S/C16H26N4O/c1-2-19-11-9-18-16(19)12-15(21)14-4-3-10-20(14)13-5-7-17-8-6-13/h9,11,13-14,17H,2-8,10,12H2,1H3. The van der Waals surface area contributed by atoms with Gasteiger partial charge >= 0.3 is 0 Å². The molecule has 0 spiro atoms. The molecule has 2 aliphatic rings. The lowest BCUT2D eigenvalue weighted by atomic mass is 10.0. The Labute approximate surface area is 126 Å². The maximum absolute atomic E-state index is 12.7. The van der Waals surface area contributed by atoms with E-state index >= 15 is 0 Å². The van der Waals surface area contributed by atoms with E-state index in [1.807, 2.05) is 6.20 Å². The van der Waals surface area contributed by atoms with Gasteiger partial charge in [0.2, 0.25) is 0 Å². The van der Waals surface area contributed by atoms with Crippen LogP contribution in [0.4, 0.5) is 0 Å². The minimum Gasteiger partial charge on any atom is -0.335 e. The lowest BCUT2D eigenvalue weighted by Gasteiger charge is -2.35. The fraction of sp³-hybridized carbons (Fsp3) is 0.750. The maximum atomic E-state index is 12.7. The van der Waals surface area contributed by atoms with E-state index < -0.39 is 0 Å². The Balaban J connectivity index is 1.65. The van der Waals surface area contributed by atoms with Gasteiger partial charge in [-0.2, -0.15) is 0 Å². The number of carbonyl (C=O) groups is 1. The van der Waals surface area contributed by atoms with Crippen molar-refractivity contribution in [1.82, 2.24) is 19.8 Å². The van der Waals surface area contributed by atoms with Gasteiger partial charge in [-0.3, -0.25) is 9.69 Å². The average Bonchev–Trinajstić information content (AvgIpc) is 3.16. The van der Waals surface area contributed by atoms with Crippen LogP contribution >= 0.6 is 0 Å². The summed E-state index contributed by atoms with van der Waals surface area (Å²) < 4.78 is 2.07. The van der Waals surface area contributed by atoms with E-state index in [1.165, 1.54) is 12.8 Å². The largest absolute Gasteiger partial charge is 0.335 e. The van der Waals surface area contributed by atoms with Crippen molar-refractivity contribution in [3.63, 3.8) is 0 Å². The predicted octanol–water partition coefficient (Wildman–Crippen LogP) is 1.23. The normalized spacial score (nSPS) is 24.5. The lowest BCUT2D eigenvalue weighted by Crippen LogP contribution is -2.48. The number of piperidine rings is 1. The van der Waals surface area contributed by atoms with Crippen molar-refractivity contribution in [2.24, 2.45) is 0 Å². The Kier molecular flexibility index (Phi) is 4.70. The van der Waals surface area contributed by atoms with Gasteiger partial charge in [0.25, 0.3) is 0 Å². The molecule has 0 aliphatic carbocycles. The highest BCUT2D eigenvalue weighted by Gasteiger charge is 2.35. The van der Waals surface area contributed by atoms with Crippen LogP contribution in [0.5, 0.6) is 0 Å². The Morgan fingerprint density at radius 3 is 2.95 bits per heavy atom. The molecule has 0 amide bonds. The third-order valence-electron chi connectivity index (χ3n) is 4.92. The smallest absolute Gasteiger partial charge is 0.157 e. The molecule has 1 unspecified atom stereocenters. The summed E-state index contributed by atoms with van der Waals surface area (Å²) in [6.07, 6.45) is 8.76. The van der Waals surface area contributed by atoms with Crippen LogP contribution in [-0.2, 0) is 17.8 Å². The van der Waals surface area contributed by atoms with Crippen LogP contribution in [0.25, 0.3) is 0 Å². The molecular formula is C16H26N4O. The zero-order chi connectivity index (χ0) is 14.7. The Hall–Kier alpha value is -1.20. The predicted molar refractivity (Wildman–Crippen MR) is 82.2 cm³/mol. The summed E-state index contributed by atoms with van der Waals surface area (Å²) in [5.74, 6) is 1.27. The monoisotopic (exact) mass is 290 g/mol. The minimum absolute atomic E-state index is 0.120. The molecule has 1 aromatic rings. The van der Waals surface area contributed by atoms with Crippen LogP contribution in [0.15, 0.2) is 12.4 Å². The zero-order valence-corrected chi connectivity index (χ0v) is 12.9. The van der Waals surface area contributed by atoms with E-state index in [-0.39, 0.29) is 6.04 Å². The second-order valence-electron chi connectivity index (χ2n) is 6.15. The van der Waals surface area contributed by atoms with Crippen LogP contribution in [0.2, 0.25) is 0 Å². The molecule has 1 aromatic heterocycles. The third kappa shape index (κ3) is 3.19. The summed E-state index contributed by atoms with van der Waals surface area (Å²) in [5.41, 5.74) is 0. The summed E-state index contributed by atoms with van der Waals surface area (Å²) in [7, 11) is 0. The van der Waals surface area contributed by atoms with E-state index in [4.69, 9.17) is 0 Å². The SMILES string of the molecule is CCn1ccnc1CC(=O)C1CCCN1C1CCNCC1. The highest BCUT2D eigenvalue weighted by atomic mass is 16.1. The number of likely N-dealkylation sites (tertiary alicyclic amines) is 1. The van der Waals surface area contributed by atoms with Crippen molar-refractivity contribution in [2.75, 3.05) is 19.6 Å². The summed E-state index contributed by atoms with van der Waals surface area (Å²) in [5, 5.41) is 3.41. The molecule has 1 atom stereocenters. The van der Waals surface area contributed by atoms with Gasteiger partial charge in [0.15, 0.2) is 5.78 Å². The van der Waals surface area contributed by atoms with E-state index in [0.29, 0.717) is 18.2 Å². The van der Waals surface area contributed by atoms with Crippen molar-refractivity contribution in [1.29, 1.82) is 0 Å². The van der Waals surface area contributed by atoms with E-state index in [1.54, 1.807) is 6.20 Å².